The van der Waals surface area contributed by atoms with E-state index >= 15 is 0 Å². The van der Waals surface area contributed by atoms with Gasteiger partial charge in [-0.2, -0.15) is 5.10 Å². The van der Waals surface area contributed by atoms with E-state index in [4.69, 9.17) is 4.74 Å². The first-order valence-electron chi connectivity index (χ1n) is 10.6. The lowest BCUT2D eigenvalue weighted by molar-refractivity contribution is 0.0691. The zero-order valence-corrected chi connectivity index (χ0v) is 17.2. The van der Waals surface area contributed by atoms with Gasteiger partial charge in [0.15, 0.2) is 5.65 Å². The van der Waals surface area contributed by atoms with Crippen LogP contribution in [-0.2, 0) is 4.74 Å². The van der Waals surface area contributed by atoms with Crippen molar-refractivity contribution in [2.75, 3.05) is 44.3 Å². The normalized spacial score (nSPS) is 18.2. The molecule has 8 heteroatoms. The number of rotatable bonds is 3. The van der Waals surface area contributed by atoms with Crippen LogP contribution in [0.1, 0.15) is 34.8 Å². The fraction of sp³-hybridized carbons (Fsp3) is 0.455. The molecule has 0 unspecified atom stereocenters. The number of nitrogens with zero attached hydrogens (tertiary/aromatic N) is 6. The third kappa shape index (κ3) is 3.41. The number of hydrogen-bond donors (Lipinski definition) is 0. The number of aryl methyl sites for hydroxylation is 1. The van der Waals surface area contributed by atoms with E-state index in [0.29, 0.717) is 13.2 Å². The smallest absolute Gasteiger partial charge is 0.254 e. The van der Waals surface area contributed by atoms with Gasteiger partial charge in [0.25, 0.3) is 5.91 Å². The van der Waals surface area contributed by atoms with Crippen LogP contribution in [0, 0.1) is 6.92 Å². The van der Waals surface area contributed by atoms with Crippen molar-refractivity contribution < 1.29 is 9.53 Å². The molecule has 2 aromatic heterocycles. The first kappa shape index (κ1) is 19.0. The molecule has 5 rings (SSSR count). The third-order valence-corrected chi connectivity index (χ3v) is 6.15. The second-order valence-corrected chi connectivity index (χ2v) is 7.96. The van der Waals surface area contributed by atoms with Gasteiger partial charge in [0, 0.05) is 31.7 Å². The van der Waals surface area contributed by atoms with Crippen molar-refractivity contribution in [1.29, 1.82) is 0 Å². The summed E-state index contributed by atoms with van der Waals surface area (Å²) in [5, 5.41) is 5.65. The second kappa shape index (κ2) is 8.02. The molecule has 0 aliphatic carbocycles. The van der Waals surface area contributed by atoms with E-state index in [1.807, 2.05) is 47.0 Å². The molecule has 0 spiro atoms. The predicted molar refractivity (Wildman–Crippen MR) is 114 cm³/mol. The van der Waals surface area contributed by atoms with Crippen molar-refractivity contribution in [3.8, 4) is 0 Å². The van der Waals surface area contributed by atoms with Crippen LogP contribution >= 0.6 is 0 Å². The summed E-state index contributed by atoms with van der Waals surface area (Å²) in [6.45, 7) is 6.52. The Hall–Kier alpha value is -3.00. The van der Waals surface area contributed by atoms with Crippen molar-refractivity contribution in [2.45, 2.75) is 25.8 Å². The average molecular weight is 406 g/mol. The minimum Gasteiger partial charge on any atom is -0.378 e. The minimum absolute atomic E-state index is 0.119. The molecule has 0 radical (unpaired) electrons. The molecule has 2 fully saturated rings. The first-order valence-corrected chi connectivity index (χ1v) is 10.6. The number of ether oxygens (including phenoxy) is 1. The summed E-state index contributed by atoms with van der Waals surface area (Å²) < 4.78 is 7.49. The molecule has 1 aromatic carbocycles. The number of piperidine rings is 1. The minimum atomic E-state index is 0.119. The molecule has 0 bridgehead atoms. The van der Waals surface area contributed by atoms with Crippen LogP contribution in [0.5, 0.6) is 0 Å². The van der Waals surface area contributed by atoms with Crippen molar-refractivity contribution in [1.82, 2.24) is 24.6 Å². The largest absolute Gasteiger partial charge is 0.378 e. The van der Waals surface area contributed by atoms with E-state index in [2.05, 4.69) is 20.0 Å². The highest BCUT2D eigenvalue weighted by Gasteiger charge is 2.27. The third-order valence-electron chi connectivity index (χ3n) is 6.15. The molecule has 2 saturated heterocycles. The number of aromatic nitrogens is 4. The quantitative estimate of drug-likeness (QED) is 0.665. The van der Waals surface area contributed by atoms with Gasteiger partial charge in [-0.15, -0.1) is 0 Å². The van der Waals surface area contributed by atoms with Gasteiger partial charge < -0.3 is 14.5 Å². The van der Waals surface area contributed by atoms with Crippen LogP contribution in [0.4, 0.5) is 5.82 Å². The van der Waals surface area contributed by atoms with E-state index in [-0.39, 0.29) is 11.9 Å². The molecule has 0 atom stereocenters. The summed E-state index contributed by atoms with van der Waals surface area (Å²) in [5.41, 5.74) is 2.69. The Morgan fingerprint density at radius 3 is 2.60 bits per heavy atom. The Morgan fingerprint density at radius 2 is 1.83 bits per heavy atom. The highest BCUT2D eigenvalue weighted by molar-refractivity contribution is 5.95. The van der Waals surface area contributed by atoms with E-state index in [0.717, 1.165) is 67.0 Å². The SMILES string of the molecule is Cc1ccccc1C(=O)N1CCC(n2ncc3c(N4CCOCC4)ncnc32)CC1. The highest BCUT2D eigenvalue weighted by atomic mass is 16.5. The maximum Gasteiger partial charge on any atom is 0.254 e. The fourth-order valence-electron chi connectivity index (χ4n) is 4.44. The Balaban J connectivity index is 1.33. The number of morpholine rings is 1. The van der Waals surface area contributed by atoms with E-state index in [1.54, 1.807) is 6.33 Å². The summed E-state index contributed by atoms with van der Waals surface area (Å²) in [7, 11) is 0. The number of anilines is 1. The molecule has 4 heterocycles. The zero-order valence-electron chi connectivity index (χ0n) is 17.2. The molecule has 2 aliphatic rings. The van der Waals surface area contributed by atoms with E-state index in [1.165, 1.54) is 0 Å². The maximum atomic E-state index is 12.9. The standard InChI is InChI=1S/C22H26N6O2/c1-16-4-2-3-5-18(16)22(29)27-8-6-17(7-9-27)28-21-19(14-25-28)20(23-15-24-21)26-10-12-30-13-11-26/h2-5,14-15,17H,6-13H2,1H3. The van der Waals surface area contributed by atoms with Crippen LogP contribution < -0.4 is 4.90 Å². The van der Waals surface area contributed by atoms with Gasteiger partial charge in [0.05, 0.1) is 30.8 Å². The molecule has 8 nitrogen and oxygen atoms in total. The lowest BCUT2D eigenvalue weighted by atomic mass is 10.0. The Kier molecular flexibility index (Phi) is 5.08. The lowest BCUT2D eigenvalue weighted by Gasteiger charge is -2.32. The van der Waals surface area contributed by atoms with Gasteiger partial charge in [0.2, 0.25) is 0 Å². The maximum absolute atomic E-state index is 12.9. The summed E-state index contributed by atoms with van der Waals surface area (Å²) in [4.78, 5) is 26.2. The zero-order chi connectivity index (χ0) is 20.5. The highest BCUT2D eigenvalue weighted by Crippen LogP contribution is 2.29. The summed E-state index contributed by atoms with van der Waals surface area (Å²) in [5.74, 6) is 1.05. The number of carbonyl (C=O) groups excluding carboxylic acids is 1. The summed E-state index contributed by atoms with van der Waals surface area (Å²) in [6.07, 6.45) is 5.24. The van der Waals surface area contributed by atoms with Crippen LogP contribution in [0.2, 0.25) is 0 Å². The van der Waals surface area contributed by atoms with Gasteiger partial charge in [-0.3, -0.25) is 4.79 Å². The number of amides is 1. The van der Waals surface area contributed by atoms with Crippen molar-refractivity contribution >= 4 is 22.8 Å². The van der Waals surface area contributed by atoms with Gasteiger partial charge in [-0.25, -0.2) is 14.6 Å². The Morgan fingerprint density at radius 1 is 1.07 bits per heavy atom. The summed E-state index contributed by atoms with van der Waals surface area (Å²) in [6, 6.07) is 8.02. The van der Waals surface area contributed by atoms with Crippen molar-refractivity contribution in [2.24, 2.45) is 0 Å². The molecule has 2 aliphatic heterocycles. The van der Waals surface area contributed by atoms with Gasteiger partial charge in [-0.1, -0.05) is 18.2 Å². The molecular formula is C22H26N6O2. The van der Waals surface area contributed by atoms with Gasteiger partial charge in [-0.05, 0) is 31.4 Å². The number of benzene rings is 1. The van der Waals surface area contributed by atoms with Crippen LogP contribution in [0.25, 0.3) is 11.0 Å². The monoisotopic (exact) mass is 406 g/mol. The number of carbonyl (C=O) groups is 1. The Bertz CT molecular complexity index is 1050. The van der Waals surface area contributed by atoms with E-state index in [9.17, 15) is 4.79 Å². The second-order valence-electron chi connectivity index (χ2n) is 7.96. The number of fused-ring (bicyclic) bond motifs is 1. The molecule has 156 valence electrons. The summed E-state index contributed by atoms with van der Waals surface area (Å²) >= 11 is 0. The van der Waals surface area contributed by atoms with Crippen LogP contribution in [0.15, 0.2) is 36.8 Å². The van der Waals surface area contributed by atoms with E-state index < -0.39 is 0 Å². The molecule has 0 N–H and O–H groups in total. The number of likely N-dealkylation sites (tertiary alicyclic amines) is 1. The fourth-order valence-corrected chi connectivity index (χ4v) is 4.44. The van der Waals surface area contributed by atoms with Gasteiger partial charge >= 0.3 is 0 Å². The number of hydrogen-bond acceptors (Lipinski definition) is 6. The molecular weight excluding hydrogens is 380 g/mol. The average Bonchev–Trinajstić information content (AvgIpc) is 3.24. The van der Waals surface area contributed by atoms with Crippen LogP contribution in [0.3, 0.4) is 0 Å². The van der Waals surface area contributed by atoms with Gasteiger partial charge in [0.1, 0.15) is 12.1 Å². The molecule has 0 saturated carbocycles. The Labute approximate surface area is 175 Å². The topological polar surface area (TPSA) is 76.4 Å². The molecule has 30 heavy (non-hydrogen) atoms. The molecule has 3 aromatic rings. The first-order chi connectivity index (χ1) is 14.7. The lowest BCUT2D eigenvalue weighted by Crippen LogP contribution is -2.39. The molecule has 1 amide bonds. The van der Waals surface area contributed by atoms with Crippen molar-refractivity contribution in [3.05, 3.63) is 47.9 Å². The predicted octanol–water partition coefficient (Wildman–Crippen LogP) is 2.45. The van der Waals surface area contributed by atoms with Crippen molar-refractivity contribution in [3.63, 3.8) is 0 Å². The van der Waals surface area contributed by atoms with Crippen LogP contribution in [-0.4, -0.2) is 69.9 Å².